The van der Waals surface area contributed by atoms with Crippen molar-refractivity contribution in [2.24, 2.45) is 0 Å². The van der Waals surface area contributed by atoms with Crippen LogP contribution < -0.4 is 21.2 Å². The predicted octanol–water partition coefficient (Wildman–Crippen LogP) is 11.4. The van der Waals surface area contributed by atoms with Crippen molar-refractivity contribution in [2.75, 3.05) is 0 Å². The average molecular weight is 920 g/mol. The monoisotopic (exact) mass is 914 g/mol. The third-order valence-corrected chi connectivity index (χ3v) is 13.4. The number of halogens is 6. The fraction of sp³-hybridized carbons (Fsp3) is 0.0625. The van der Waals surface area contributed by atoms with Crippen molar-refractivity contribution in [2.45, 2.75) is 12.3 Å². The minimum atomic E-state index is -0.526. The van der Waals surface area contributed by atoms with Crippen molar-refractivity contribution in [1.82, 2.24) is 0 Å². The van der Waals surface area contributed by atoms with E-state index in [4.69, 9.17) is 20.4 Å². The summed E-state index contributed by atoms with van der Waals surface area (Å²) in [7, 11) is 8.35. The van der Waals surface area contributed by atoms with Crippen LogP contribution in [0.4, 0.5) is 0 Å². The molecule has 0 aliphatic heterocycles. The van der Waals surface area contributed by atoms with Gasteiger partial charge in [-0.25, -0.2) is 0 Å². The maximum absolute atomic E-state index is 4.70. The Hall–Kier alpha value is -0.0465. The molecule has 0 aromatic heterocycles. The molecule has 5 rings (SSSR count). The van der Waals surface area contributed by atoms with Crippen LogP contribution >= 0.6 is 100.0 Å². The van der Waals surface area contributed by atoms with Gasteiger partial charge in [0.1, 0.15) is 0 Å². The summed E-state index contributed by atoms with van der Waals surface area (Å²) in [5.41, 5.74) is 2.78. The fourth-order valence-electron chi connectivity index (χ4n) is 4.34. The molecular weight excluding hydrogens is 896 g/mol. The Morgan fingerprint density at radius 3 is 0.927 bits per heavy atom. The Morgan fingerprint density at radius 2 is 0.683 bits per heavy atom. The van der Waals surface area contributed by atoms with Crippen LogP contribution in [0.1, 0.15) is 11.1 Å². The zero-order valence-electron chi connectivity index (χ0n) is 21.4. The molecule has 9 heteroatoms. The van der Waals surface area contributed by atoms with Crippen molar-refractivity contribution in [3.8, 4) is 0 Å². The predicted molar refractivity (Wildman–Crippen MR) is 194 cm³/mol. The second-order valence-corrected chi connectivity index (χ2v) is 18.6. The van der Waals surface area contributed by atoms with Gasteiger partial charge in [-0.15, -0.1) is 0 Å². The molecule has 0 saturated carbocycles. The summed E-state index contributed by atoms with van der Waals surface area (Å²) >= 11 is 15.0. The van der Waals surface area contributed by atoms with E-state index in [1.54, 1.807) is 0 Å². The van der Waals surface area contributed by atoms with Crippen LogP contribution in [0.25, 0.3) is 0 Å². The minimum absolute atomic E-state index is 0.526. The van der Waals surface area contributed by atoms with Gasteiger partial charge < -0.3 is 0 Å². The third kappa shape index (κ3) is 10.5. The Labute approximate surface area is 293 Å². The van der Waals surface area contributed by atoms with E-state index >= 15 is 0 Å². The van der Waals surface area contributed by atoms with Crippen molar-refractivity contribution in [1.29, 1.82) is 0 Å². The number of benzene rings is 5. The molecule has 41 heavy (non-hydrogen) atoms. The van der Waals surface area contributed by atoms with Crippen LogP contribution in [-0.4, -0.2) is 0 Å². The van der Waals surface area contributed by atoms with E-state index in [1.165, 1.54) is 32.3 Å². The molecule has 0 radical (unpaired) electrons. The quantitative estimate of drug-likeness (QED) is 0.107. The van der Waals surface area contributed by atoms with Crippen molar-refractivity contribution < 1.29 is 12.7 Å². The Morgan fingerprint density at radius 1 is 0.439 bits per heavy atom. The van der Waals surface area contributed by atoms with Crippen LogP contribution in [0.5, 0.6) is 0 Å². The molecule has 0 unspecified atom stereocenters. The van der Waals surface area contributed by atoms with Crippen LogP contribution in [0.15, 0.2) is 139 Å². The molecule has 0 atom stereocenters. The molecule has 0 spiro atoms. The first-order chi connectivity index (χ1) is 19.9. The van der Waals surface area contributed by atoms with Crippen LogP contribution in [0.3, 0.4) is 0 Å². The summed E-state index contributed by atoms with van der Waals surface area (Å²) in [5.74, 6) is 0. The van der Waals surface area contributed by atoms with Crippen molar-refractivity contribution in [3.05, 3.63) is 150 Å². The van der Waals surface area contributed by atoms with Gasteiger partial charge in [-0.05, 0) is 96.7 Å². The summed E-state index contributed by atoms with van der Waals surface area (Å²) in [6.45, 7) is 0. The molecule has 0 saturated heterocycles. The van der Waals surface area contributed by atoms with E-state index < -0.39 is 15.8 Å². The number of rotatable bonds is 8. The molecule has 5 aromatic rings. The second-order valence-electron chi connectivity index (χ2n) is 8.94. The molecule has 0 N–H and O–H groups in total. The van der Waals surface area contributed by atoms with Gasteiger partial charge in [0.25, 0.3) is 0 Å². The van der Waals surface area contributed by atoms with E-state index in [0.29, 0.717) is 12.7 Å². The van der Waals surface area contributed by atoms with Crippen LogP contribution in [0.2, 0.25) is 0 Å². The first kappa shape index (κ1) is 33.8. The van der Waals surface area contributed by atoms with Crippen LogP contribution in [-0.2, 0) is 25.0 Å². The molecule has 214 valence electrons. The Balaban J connectivity index is 0.00000124. The summed E-state index contributed by atoms with van der Waals surface area (Å²) in [5, 5.41) is 5.57. The van der Waals surface area contributed by atoms with Gasteiger partial charge in [0.15, 0.2) is 0 Å². The summed E-state index contributed by atoms with van der Waals surface area (Å²) in [6.07, 6.45) is 2.03. The second kappa shape index (κ2) is 17.4. The molecule has 0 aliphatic carbocycles. The molecule has 0 aliphatic rings. The van der Waals surface area contributed by atoms with Crippen LogP contribution in [0, 0.1) is 0 Å². The zero-order valence-corrected chi connectivity index (χ0v) is 32.1. The van der Waals surface area contributed by atoms with Gasteiger partial charge in [0.05, 0.1) is 0 Å². The SMILES string of the molecule is Brc1ccc(P(Cc2cccc(CP(c3ccc(Br)cc3)c3ccc(Br)cc3)c2)c2ccc(Br)cc2)cc1.[Cl][Ni][Cl]. The molecule has 0 fully saturated rings. The molecular formula is C32H24Br4Cl2NiP2. The van der Waals surface area contributed by atoms with Gasteiger partial charge in [-0.2, -0.15) is 0 Å². The molecule has 0 heterocycles. The van der Waals surface area contributed by atoms with Gasteiger partial charge in [0, 0.05) is 30.2 Å². The summed E-state index contributed by atoms with van der Waals surface area (Å²) < 4.78 is 4.46. The topological polar surface area (TPSA) is 0 Å². The van der Waals surface area contributed by atoms with E-state index in [0.717, 1.165) is 30.2 Å². The van der Waals surface area contributed by atoms with E-state index in [9.17, 15) is 0 Å². The number of hydrogen-bond acceptors (Lipinski definition) is 0. The maximum atomic E-state index is 4.70. The normalized spacial score (nSPS) is 11.0. The van der Waals surface area contributed by atoms with Gasteiger partial charge >= 0.3 is 33.0 Å². The van der Waals surface area contributed by atoms with E-state index in [-0.39, 0.29) is 0 Å². The zero-order chi connectivity index (χ0) is 29.2. The summed E-state index contributed by atoms with van der Waals surface area (Å²) in [6, 6.07) is 44.6. The Bertz CT molecular complexity index is 1310. The fourth-order valence-corrected chi connectivity index (χ4v) is 9.88. The van der Waals surface area contributed by atoms with Crippen molar-refractivity contribution >= 4 is 121 Å². The molecule has 5 aromatic carbocycles. The molecule has 0 nitrogen and oxygen atoms in total. The van der Waals surface area contributed by atoms with Gasteiger partial charge in [-0.1, -0.05) is 137 Å². The number of hydrogen-bond donors (Lipinski definition) is 0. The molecule has 0 amide bonds. The summed E-state index contributed by atoms with van der Waals surface area (Å²) in [4.78, 5) is 0. The first-order valence-electron chi connectivity index (χ1n) is 12.3. The third-order valence-electron chi connectivity index (χ3n) is 6.23. The standard InChI is InChI=1S/C32H24Br4P2.2ClH.Ni/c33-25-4-12-29(13-5-25)37(30-14-6-26(34)7-15-30)21-23-2-1-3-24(20-23)22-38(31-16-8-27(35)9-17-31)32-18-10-28(36)11-19-32;;;/h1-20H,21-22H2;2*1H;/q;;;+2/p-2. The Kier molecular flexibility index (Phi) is 14.4. The average Bonchev–Trinajstić information content (AvgIpc) is 2.98. The van der Waals surface area contributed by atoms with Gasteiger partial charge in [-0.3, -0.25) is 0 Å². The van der Waals surface area contributed by atoms with Crippen molar-refractivity contribution in [3.63, 3.8) is 0 Å². The molecule has 0 bridgehead atoms. The van der Waals surface area contributed by atoms with E-state index in [2.05, 4.69) is 185 Å². The first-order valence-corrected chi connectivity index (χ1v) is 21.3. The van der Waals surface area contributed by atoms with Gasteiger partial charge in [0.2, 0.25) is 0 Å². The van der Waals surface area contributed by atoms with E-state index in [1.807, 2.05) is 0 Å².